The Hall–Kier alpha value is -2.34. The van der Waals surface area contributed by atoms with Crippen molar-refractivity contribution in [1.82, 2.24) is 5.32 Å². The summed E-state index contributed by atoms with van der Waals surface area (Å²) in [5.41, 5.74) is 3.46. The van der Waals surface area contributed by atoms with E-state index in [0.717, 1.165) is 23.5 Å². The molecule has 154 valence electrons. The van der Waals surface area contributed by atoms with Gasteiger partial charge in [0.25, 0.3) is 15.9 Å². The molecular weight excluding hydrogens is 384 g/mol. The fraction of sp³-hybridized carbons (Fsp3) is 0.435. The third-order valence-corrected chi connectivity index (χ3v) is 8.15. The van der Waals surface area contributed by atoms with Crippen LogP contribution in [0.3, 0.4) is 0 Å². The maximum absolute atomic E-state index is 13.1. The second-order valence-corrected chi connectivity index (χ2v) is 10.2. The van der Waals surface area contributed by atoms with Crippen LogP contribution in [-0.2, 0) is 10.0 Å². The SMILES string of the molecule is Cc1ccc(C(=O)N[C@H]2C[C@@H]3CC[C@@H]2C3)cc1S(=O)(=O)Nc1cccc(C)c1C. The molecule has 2 saturated carbocycles. The van der Waals surface area contributed by atoms with Crippen molar-refractivity contribution in [3.63, 3.8) is 0 Å². The number of hydrogen-bond donors (Lipinski definition) is 2. The molecule has 2 aromatic carbocycles. The summed E-state index contributed by atoms with van der Waals surface area (Å²) in [6, 6.07) is 10.6. The lowest BCUT2D eigenvalue weighted by atomic mass is 9.95. The molecule has 1 amide bonds. The van der Waals surface area contributed by atoms with E-state index in [1.807, 2.05) is 26.0 Å². The van der Waals surface area contributed by atoms with Gasteiger partial charge in [0.05, 0.1) is 10.6 Å². The first-order chi connectivity index (χ1) is 13.7. The highest BCUT2D eigenvalue weighted by molar-refractivity contribution is 7.92. The number of aryl methyl sites for hydroxylation is 2. The van der Waals surface area contributed by atoms with Crippen LogP contribution in [0.1, 0.15) is 52.7 Å². The van der Waals surface area contributed by atoms with Gasteiger partial charge in [-0.15, -0.1) is 0 Å². The molecule has 6 heteroatoms. The summed E-state index contributed by atoms with van der Waals surface area (Å²) in [6.45, 7) is 5.58. The Morgan fingerprint density at radius 2 is 1.79 bits per heavy atom. The number of amides is 1. The molecule has 2 N–H and O–H groups in total. The van der Waals surface area contributed by atoms with Crippen molar-refractivity contribution < 1.29 is 13.2 Å². The van der Waals surface area contributed by atoms with E-state index in [4.69, 9.17) is 0 Å². The third-order valence-electron chi connectivity index (χ3n) is 6.64. The molecule has 0 spiro atoms. The Labute approximate surface area is 173 Å². The van der Waals surface area contributed by atoms with Crippen LogP contribution in [0.5, 0.6) is 0 Å². The highest BCUT2D eigenvalue weighted by Crippen LogP contribution is 2.44. The summed E-state index contributed by atoms with van der Waals surface area (Å²) in [5, 5.41) is 3.14. The molecule has 29 heavy (non-hydrogen) atoms. The van der Waals surface area contributed by atoms with Crippen LogP contribution < -0.4 is 10.0 Å². The molecule has 0 radical (unpaired) electrons. The average Bonchev–Trinajstić information content (AvgIpc) is 3.28. The predicted octanol–water partition coefficient (Wildman–Crippen LogP) is 4.33. The van der Waals surface area contributed by atoms with Crippen molar-refractivity contribution in [2.24, 2.45) is 11.8 Å². The van der Waals surface area contributed by atoms with Gasteiger partial charge < -0.3 is 5.32 Å². The minimum atomic E-state index is -3.80. The summed E-state index contributed by atoms with van der Waals surface area (Å²) in [5.74, 6) is 1.12. The van der Waals surface area contributed by atoms with Crippen LogP contribution >= 0.6 is 0 Å². The molecule has 5 nitrogen and oxygen atoms in total. The van der Waals surface area contributed by atoms with Gasteiger partial charge >= 0.3 is 0 Å². The second kappa shape index (κ2) is 7.48. The zero-order chi connectivity index (χ0) is 20.8. The van der Waals surface area contributed by atoms with E-state index in [9.17, 15) is 13.2 Å². The monoisotopic (exact) mass is 412 g/mol. The van der Waals surface area contributed by atoms with Gasteiger partial charge in [-0.05, 0) is 86.8 Å². The molecule has 0 heterocycles. The Morgan fingerprint density at radius 1 is 1.00 bits per heavy atom. The summed E-state index contributed by atoms with van der Waals surface area (Å²) in [4.78, 5) is 12.9. The fourth-order valence-corrected chi connectivity index (χ4v) is 6.16. The number of carbonyl (C=O) groups excluding carboxylic acids is 1. The quantitative estimate of drug-likeness (QED) is 0.767. The predicted molar refractivity (Wildman–Crippen MR) is 115 cm³/mol. The Kier molecular flexibility index (Phi) is 5.15. The zero-order valence-electron chi connectivity index (χ0n) is 17.2. The number of benzene rings is 2. The van der Waals surface area contributed by atoms with Gasteiger partial charge in [-0.1, -0.05) is 24.6 Å². The lowest BCUT2D eigenvalue weighted by Crippen LogP contribution is -2.38. The number of fused-ring (bicyclic) bond motifs is 2. The normalized spacial score (nSPS) is 23.2. The third kappa shape index (κ3) is 3.90. The van der Waals surface area contributed by atoms with Crippen LogP contribution in [-0.4, -0.2) is 20.4 Å². The molecule has 4 rings (SSSR count). The van der Waals surface area contributed by atoms with Gasteiger partial charge in [0.2, 0.25) is 0 Å². The lowest BCUT2D eigenvalue weighted by Gasteiger charge is -2.23. The van der Waals surface area contributed by atoms with Gasteiger partial charge in [0.1, 0.15) is 0 Å². The van der Waals surface area contributed by atoms with Crippen molar-refractivity contribution in [1.29, 1.82) is 0 Å². The first-order valence-electron chi connectivity index (χ1n) is 10.2. The summed E-state index contributed by atoms with van der Waals surface area (Å²) in [7, 11) is -3.80. The maximum Gasteiger partial charge on any atom is 0.262 e. The number of anilines is 1. The molecule has 2 aromatic rings. The van der Waals surface area contributed by atoms with Crippen LogP contribution in [0, 0.1) is 32.6 Å². The van der Waals surface area contributed by atoms with Crippen LogP contribution in [0.15, 0.2) is 41.3 Å². The Morgan fingerprint density at radius 3 is 2.48 bits per heavy atom. The van der Waals surface area contributed by atoms with E-state index in [-0.39, 0.29) is 16.8 Å². The van der Waals surface area contributed by atoms with Gasteiger partial charge in [-0.3, -0.25) is 9.52 Å². The smallest absolute Gasteiger partial charge is 0.262 e. The van der Waals surface area contributed by atoms with Crippen LogP contribution in [0.2, 0.25) is 0 Å². The number of carbonyl (C=O) groups is 1. The van der Waals surface area contributed by atoms with Gasteiger partial charge in [-0.2, -0.15) is 0 Å². The molecule has 2 bridgehead atoms. The highest BCUT2D eigenvalue weighted by atomic mass is 32.2. The minimum absolute atomic E-state index is 0.138. The topological polar surface area (TPSA) is 75.3 Å². The first-order valence-corrected chi connectivity index (χ1v) is 11.7. The molecule has 0 unspecified atom stereocenters. The van der Waals surface area contributed by atoms with Gasteiger partial charge in [-0.25, -0.2) is 8.42 Å². The number of hydrogen-bond acceptors (Lipinski definition) is 3. The molecule has 0 aromatic heterocycles. The van der Waals surface area contributed by atoms with Crippen molar-refractivity contribution in [3.8, 4) is 0 Å². The van der Waals surface area contributed by atoms with Crippen LogP contribution in [0.25, 0.3) is 0 Å². The number of sulfonamides is 1. The van der Waals surface area contributed by atoms with E-state index in [1.165, 1.54) is 25.3 Å². The number of rotatable bonds is 5. The standard InChI is InChI=1S/C23H28N2O3S/c1-14-5-4-6-20(16(14)3)25-29(27,28)22-13-19(9-7-15(22)2)23(26)24-21-12-17-8-10-18(21)11-17/h4-7,9,13,17-18,21,25H,8,10-12H2,1-3H3,(H,24,26)/t17-,18-,21+/m1/s1. The van der Waals surface area contributed by atoms with E-state index in [2.05, 4.69) is 10.0 Å². The Balaban J connectivity index is 1.57. The fourth-order valence-electron chi connectivity index (χ4n) is 4.77. The average molecular weight is 413 g/mol. The molecular formula is C23H28N2O3S. The summed E-state index contributed by atoms with van der Waals surface area (Å²) < 4.78 is 28.8. The van der Waals surface area contributed by atoms with Crippen molar-refractivity contribution >= 4 is 21.6 Å². The molecule has 2 aliphatic rings. The summed E-state index contributed by atoms with van der Waals surface area (Å²) in [6.07, 6.45) is 4.71. The van der Waals surface area contributed by atoms with Gasteiger partial charge in [0, 0.05) is 11.6 Å². The zero-order valence-corrected chi connectivity index (χ0v) is 18.0. The molecule has 2 aliphatic carbocycles. The molecule has 0 aliphatic heterocycles. The molecule has 2 fully saturated rings. The largest absolute Gasteiger partial charge is 0.349 e. The van der Waals surface area contributed by atoms with Gasteiger partial charge in [0.15, 0.2) is 0 Å². The minimum Gasteiger partial charge on any atom is -0.349 e. The van der Waals surface area contributed by atoms with Crippen LogP contribution in [0.4, 0.5) is 5.69 Å². The Bertz CT molecular complexity index is 1060. The maximum atomic E-state index is 13.1. The van der Waals surface area contributed by atoms with Crippen molar-refractivity contribution in [2.45, 2.75) is 57.4 Å². The highest BCUT2D eigenvalue weighted by Gasteiger charge is 2.40. The van der Waals surface area contributed by atoms with Crippen molar-refractivity contribution in [2.75, 3.05) is 4.72 Å². The second-order valence-electron chi connectivity index (χ2n) is 8.59. The van der Waals surface area contributed by atoms with E-state index in [1.54, 1.807) is 25.1 Å². The molecule has 0 saturated heterocycles. The number of nitrogens with one attached hydrogen (secondary N) is 2. The van der Waals surface area contributed by atoms with Crippen molar-refractivity contribution in [3.05, 3.63) is 58.7 Å². The lowest BCUT2D eigenvalue weighted by molar-refractivity contribution is 0.0922. The first kappa shape index (κ1) is 20.0. The van der Waals surface area contributed by atoms with E-state index < -0.39 is 10.0 Å². The van der Waals surface area contributed by atoms with E-state index >= 15 is 0 Å². The summed E-state index contributed by atoms with van der Waals surface area (Å²) >= 11 is 0. The molecule has 3 atom stereocenters. The van der Waals surface area contributed by atoms with E-state index in [0.29, 0.717) is 22.7 Å².